The zero-order valence-electron chi connectivity index (χ0n) is 17.1. The Hall–Kier alpha value is -2.82. The highest BCUT2D eigenvalue weighted by Gasteiger charge is 2.28. The fourth-order valence-electron chi connectivity index (χ4n) is 2.97. The predicted molar refractivity (Wildman–Crippen MR) is 111 cm³/mol. The normalized spacial score (nSPS) is 11.8. The molecule has 0 aliphatic rings. The Labute approximate surface area is 167 Å². The van der Waals surface area contributed by atoms with Gasteiger partial charge in [-0.1, -0.05) is 56.3 Å². The van der Waals surface area contributed by atoms with E-state index in [4.69, 9.17) is 4.74 Å². The Morgan fingerprint density at radius 3 is 2.18 bits per heavy atom. The zero-order chi connectivity index (χ0) is 20.5. The van der Waals surface area contributed by atoms with Gasteiger partial charge in [0, 0.05) is 26.4 Å². The van der Waals surface area contributed by atoms with Gasteiger partial charge in [0.2, 0.25) is 11.8 Å². The van der Waals surface area contributed by atoms with E-state index < -0.39 is 6.04 Å². The predicted octanol–water partition coefficient (Wildman–Crippen LogP) is 3.43. The maximum Gasteiger partial charge on any atom is 0.243 e. The zero-order valence-corrected chi connectivity index (χ0v) is 17.1. The van der Waals surface area contributed by atoms with Gasteiger partial charge >= 0.3 is 0 Å². The topological polar surface area (TPSA) is 58.6 Å². The van der Waals surface area contributed by atoms with Crippen LogP contribution in [0.1, 0.15) is 31.9 Å². The number of hydrogen-bond acceptors (Lipinski definition) is 3. The Kier molecular flexibility index (Phi) is 8.05. The Balaban J connectivity index is 2.26. The molecule has 0 aliphatic heterocycles. The lowest BCUT2D eigenvalue weighted by Gasteiger charge is -2.30. The molecule has 1 atom stereocenters. The van der Waals surface area contributed by atoms with E-state index >= 15 is 0 Å². The van der Waals surface area contributed by atoms with E-state index in [1.807, 2.05) is 68.4 Å². The van der Waals surface area contributed by atoms with Crippen molar-refractivity contribution in [3.05, 3.63) is 65.7 Å². The van der Waals surface area contributed by atoms with Crippen molar-refractivity contribution in [3.8, 4) is 5.75 Å². The number of rotatable bonds is 9. The van der Waals surface area contributed by atoms with Gasteiger partial charge in [-0.05, 0) is 29.2 Å². The molecule has 2 aromatic carbocycles. The van der Waals surface area contributed by atoms with Crippen LogP contribution >= 0.6 is 0 Å². The lowest BCUT2D eigenvalue weighted by atomic mass is 10.0. The summed E-state index contributed by atoms with van der Waals surface area (Å²) in [7, 11) is 1.62. The van der Waals surface area contributed by atoms with Crippen LogP contribution in [0.5, 0.6) is 5.75 Å². The largest absolute Gasteiger partial charge is 0.497 e. The van der Waals surface area contributed by atoms with Crippen molar-refractivity contribution in [1.29, 1.82) is 0 Å². The molecule has 0 fully saturated rings. The van der Waals surface area contributed by atoms with Crippen LogP contribution in [-0.4, -0.2) is 36.4 Å². The maximum absolute atomic E-state index is 13.0. The number of amides is 2. The summed E-state index contributed by atoms with van der Waals surface area (Å²) in [6.07, 6.45) is 0.473. The first kappa shape index (κ1) is 21.5. The van der Waals surface area contributed by atoms with Gasteiger partial charge in [-0.3, -0.25) is 9.59 Å². The van der Waals surface area contributed by atoms with Gasteiger partial charge in [0.1, 0.15) is 11.8 Å². The third-order valence-electron chi connectivity index (χ3n) is 4.55. The van der Waals surface area contributed by atoms with E-state index in [-0.39, 0.29) is 11.8 Å². The van der Waals surface area contributed by atoms with Gasteiger partial charge < -0.3 is 15.0 Å². The third kappa shape index (κ3) is 6.41. The highest BCUT2D eigenvalue weighted by atomic mass is 16.5. The second-order valence-corrected chi connectivity index (χ2v) is 7.34. The van der Waals surface area contributed by atoms with Crippen molar-refractivity contribution < 1.29 is 14.3 Å². The highest BCUT2D eigenvalue weighted by Crippen LogP contribution is 2.17. The molecule has 0 aliphatic carbocycles. The molecule has 1 unspecified atom stereocenters. The Morgan fingerprint density at radius 2 is 1.64 bits per heavy atom. The molecule has 150 valence electrons. The van der Waals surface area contributed by atoms with Crippen molar-refractivity contribution in [2.75, 3.05) is 13.7 Å². The number of benzene rings is 2. The summed E-state index contributed by atoms with van der Waals surface area (Å²) in [5.41, 5.74) is 1.97. The van der Waals surface area contributed by atoms with E-state index in [1.54, 1.807) is 12.0 Å². The lowest BCUT2D eigenvalue weighted by Crippen LogP contribution is -2.50. The minimum Gasteiger partial charge on any atom is -0.497 e. The van der Waals surface area contributed by atoms with Gasteiger partial charge in [0.15, 0.2) is 0 Å². The number of carbonyl (C=O) groups is 2. The molecule has 0 spiro atoms. The maximum atomic E-state index is 13.0. The molecule has 0 radical (unpaired) electrons. The first-order chi connectivity index (χ1) is 13.4. The standard InChI is InChI=1S/C23H30N2O3/c1-17(2)15-24-23(27)22(14-19-8-6-5-7-9-19)25(18(3)26)16-20-10-12-21(28-4)13-11-20/h5-13,17,22H,14-16H2,1-4H3,(H,24,27). The lowest BCUT2D eigenvalue weighted by molar-refractivity contribution is -0.139. The quantitative estimate of drug-likeness (QED) is 0.723. The molecule has 2 amide bonds. The van der Waals surface area contributed by atoms with E-state index in [1.165, 1.54) is 6.92 Å². The smallest absolute Gasteiger partial charge is 0.243 e. The number of ether oxygens (including phenoxy) is 1. The average Bonchev–Trinajstić information content (AvgIpc) is 2.69. The van der Waals surface area contributed by atoms with E-state index in [2.05, 4.69) is 5.32 Å². The molecule has 2 aromatic rings. The summed E-state index contributed by atoms with van der Waals surface area (Å²) >= 11 is 0. The number of nitrogens with zero attached hydrogens (tertiary/aromatic N) is 1. The molecule has 0 saturated heterocycles. The van der Waals surface area contributed by atoms with Crippen LogP contribution in [0.2, 0.25) is 0 Å². The molecule has 0 saturated carbocycles. The molecule has 0 aromatic heterocycles. The highest BCUT2D eigenvalue weighted by molar-refractivity contribution is 5.87. The summed E-state index contributed by atoms with van der Waals surface area (Å²) < 4.78 is 5.20. The SMILES string of the molecule is COc1ccc(CN(C(C)=O)C(Cc2ccccc2)C(=O)NCC(C)C)cc1. The van der Waals surface area contributed by atoms with Crippen molar-refractivity contribution in [2.45, 2.75) is 39.8 Å². The van der Waals surface area contributed by atoms with Crippen molar-refractivity contribution >= 4 is 11.8 Å². The van der Waals surface area contributed by atoms with Crippen molar-refractivity contribution in [3.63, 3.8) is 0 Å². The first-order valence-corrected chi connectivity index (χ1v) is 9.62. The number of hydrogen-bond donors (Lipinski definition) is 1. The average molecular weight is 383 g/mol. The molecule has 5 heteroatoms. The van der Waals surface area contributed by atoms with Crippen LogP contribution in [-0.2, 0) is 22.6 Å². The Bertz CT molecular complexity index is 757. The molecular weight excluding hydrogens is 352 g/mol. The molecule has 28 heavy (non-hydrogen) atoms. The fraction of sp³-hybridized carbons (Fsp3) is 0.391. The summed E-state index contributed by atoms with van der Waals surface area (Å²) in [6.45, 7) is 6.56. The molecule has 1 N–H and O–H groups in total. The summed E-state index contributed by atoms with van der Waals surface area (Å²) in [5, 5.41) is 2.99. The van der Waals surface area contributed by atoms with Crippen molar-refractivity contribution in [1.82, 2.24) is 10.2 Å². The van der Waals surface area contributed by atoms with Gasteiger partial charge in [0.25, 0.3) is 0 Å². The second-order valence-electron chi connectivity index (χ2n) is 7.34. The summed E-state index contributed by atoms with van der Waals surface area (Å²) in [4.78, 5) is 27.1. The molecule has 5 nitrogen and oxygen atoms in total. The number of methoxy groups -OCH3 is 1. The number of carbonyl (C=O) groups excluding carboxylic acids is 2. The van der Waals surface area contributed by atoms with Crippen LogP contribution < -0.4 is 10.1 Å². The van der Waals surface area contributed by atoms with Gasteiger partial charge in [-0.25, -0.2) is 0 Å². The van der Waals surface area contributed by atoms with Gasteiger partial charge in [0.05, 0.1) is 7.11 Å². The van der Waals surface area contributed by atoms with Crippen molar-refractivity contribution in [2.24, 2.45) is 5.92 Å². The van der Waals surface area contributed by atoms with Crippen LogP contribution in [0, 0.1) is 5.92 Å². The minimum atomic E-state index is -0.569. The summed E-state index contributed by atoms with van der Waals surface area (Å²) in [5.74, 6) is 0.847. The van der Waals surface area contributed by atoms with Crippen LogP contribution in [0.3, 0.4) is 0 Å². The first-order valence-electron chi connectivity index (χ1n) is 9.62. The minimum absolute atomic E-state index is 0.124. The number of nitrogens with one attached hydrogen (secondary N) is 1. The van der Waals surface area contributed by atoms with Crippen LogP contribution in [0.25, 0.3) is 0 Å². The van der Waals surface area contributed by atoms with E-state index in [9.17, 15) is 9.59 Å². The second kappa shape index (κ2) is 10.5. The van der Waals surface area contributed by atoms with E-state index in [0.29, 0.717) is 25.4 Å². The van der Waals surface area contributed by atoms with Crippen LogP contribution in [0.4, 0.5) is 0 Å². The molecule has 0 bridgehead atoms. The van der Waals surface area contributed by atoms with Gasteiger partial charge in [-0.2, -0.15) is 0 Å². The Morgan fingerprint density at radius 1 is 1.00 bits per heavy atom. The molecule has 0 heterocycles. The monoisotopic (exact) mass is 382 g/mol. The van der Waals surface area contributed by atoms with Crippen LogP contribution in [0.15, 0.2) is 54.6 Å². The third-order valence-corrected chi connectivity index (χ3v) is 4.55. The van der Waals surface area contributed by atoms with E-state index in [0.717, 1.165) is 16.9 Å². The molecular formula is C23H30N2O3. The summed E-state index contributed by atoms with van der Waals surface area (Å²) in [6, 6.07) is 16.8. The fourth-order valence-corrected chi connectivity index (χ4v) is 2.97. The van der Waals surface area contributed by atoms with Gasteiger partial charge in [-0.15, -0.1) is 0 Å². The molecule has 2 rings (SSSR count).